The van der Waals surface area contributed by atoms with Crippen molar-refractivity contribution >= 4 is 39.8 Å². The largest absolute Gasteiger partial charge is 0.508 e. The molecule has 0 aliphatic heterocycles. The minimum Gasteiger partial charge on any atom is -0.508 e. The molecule has 0 radical (unpaired) electrons. The van der Waals surface area contributed by atoms with Gasteiger partial charge in [-0.2, -0.15) is 0 Å². The van der Waals surface area contributed by atoms with Crippen molar-refractivity contribution in [3.05, 3.63) is 58.7 Å². The number of hydrogen-bond acceptors (Lipinski definition) is 4. The Kier molecular flexibility index (Phi) is 9.61. The Balaban J connectivity index is 0.00000341. The number of benzene rings is 2. The molecule has 0 saturated carbocycles. The van der Waals surface area contributed by atoms with Gasteiger partial charge in [-0.25, -0.2) is 13.4 Å². The van der Waals surface area contributed by atoms with Crippen LogP contribution in [-0.4, -0.2) is 38.8 Å². The van der Waals surface area contributed by atoms with Gasteiger partial charge in [0, 0.05) is 24.9 Å². The molecular weight excluding hydrogens is 525 g/mol. The molecule has 1 aliphatic rings. The minimum absolute atomic E-state index is 0. The molecule has 3 rings (SSSR count). The number of nitrogens with zero attached hydrogens (tertiary/aromatic N) is 1. The fourth-order valence-corrected chi connectivity index (χ4v) is 4.43. The maximum Gasteiger partial charge on any atom is 0.191 e. The van der Waals surface area contributed by atoms with Crippen molar-refractivity contribution in [2.75, 3.05) is 19.3 Å². The molecule has 170 valence electrons. The van der Waals surface area contributed by atoms with Crippen LogP contribution in [0.2, 0.25) is 0 Å². The number of aromatic hydroxyl groups is 1. The Morgan fingerprint density at radius 3 is 2.45 bits per heavy atom. The summed E-state index contributed by atoms with van der Waals surface area (Å²) in [7, 11) is -3.17. The van der Waals surface area contributed by atoms with Crippen molar-refractivity contribution in [1.82, 2.24) is 10.6 Å². The monoisotopic (exact) mass is 557 g/mol. The van der Waals surface area contributed by atoms with E-state index in [2.05, 4.69) is 15.6 Å². The molecule has 31 heavy (non-hydrogen) atoms. The first-order chi connectivity index (χ1) is 14.4. The second-order valence-electron chi connectivity index (χ2n) is 7.70. The number of aliphatic imine (C=N–C) groups is 1. The lowest BCUT2D eigenvalue weighted by atomic mass is 9.88. The molecule has 0 atom stereocenters. The second-order valence-corrected chi connectivity index (χ2v) is 9.71. The SMILES string of the molecule is CCNC(=NCc1c(O)ccc2c1CCCC2)NCCc1ccc(S(C)(=O)=O)cc1.I. The van der Waals surface area contributed by atoms with Gasteiger partial charge in [-0.15, -0.1) is 24.0 Å². The Hall–Kier alpha value is -1.81. The Bertz CT molecular complexity index is 1010. The number of phenols is 1. The first kappa shape index (κ1) is 25.5. The summed E-state index contributed by atoms with van der Waals surface area (Å²) in [5.41, 5.74) is 4.58. The van der Waals surface area contributed by atoms with Gasteiger partial charge in [-0.3, -0.25) is 0 Å². The minimum atomic E-state index is -3.17. The standard InChI is InChI=1S/C23H31N3O3S.HI/c1-3-24-23(25-15-14-17-8-11-19(12-9-17)30(2,28)29)26-16-21-20-7-5-4-6-18(20)10-13-22(21)27;/h8-13,27H,3-7,14-16H2,1-2H3,(H2,24,25,26);1H. The second kappa shape index (κ2) is 11.7. The van der Waals surface area contributed by atoms with Crippen LogP contribution in [0.15, 0.2) is 46.3 Å². The van der Waals surface area contributed by atoms with Crippen LogP contribution in [0.3, 0.4) is 0 Å². The zero-order valence-corrected chi connectivity index (χ0v) is 21.3. The number of nitrogens with one attached hydrogen (secondary N) is 2. The van der Waals surface area contributed by atoms with Gasteiger partial charge in [-0.1, -0.05) is 18.2 Å². The summed E-state index contributed by atoms with van der Waals surface area (Å²) >= 11 is 0. The van der Waals surface area contributed by atoms with Crippen molar-refractivity contribution in [3.8, 4) is 5.75 Å². The number of rotatable bonds is 7. The molecule has 1 aliphatic carbocycles. The predicted molar refractivity (Wildman–Crippen MR) is 136 cm³/mol. The van der Waals surface area contributed by atoms with Crippen LogP contribution in [0.25, 0.3) is 0 Å². The van der Waals surface area contributed by atoms with Crippen molar-refractivity contribution < 1.29 is 13.5 Å². The molecule has 8 heteroatoms. The lowest BCUT2D eigenvalue weighted by Crippen LogP contribution is -2.38. The van der Waals surface area contributed by atoms with Gasteiger partial charge >= 0.3 is 0 Å². The van der Waals surface area contributed by atoms with E-state index in [9.17, 15) is 13.5 Å². The summed E-state index contributed by atoms with van der Waals surface area (Å²) in [6.07, 6.45) is 6.40. The number of phenolic OH excluding ortho intramolecular Hbond substituents is 1. The molecule has 0 fully saturated rings. The normalized spacial score (nSPS) is 13.8. The molecule has 3 N–H and O–H groups in total. The summed E-state index contributed by atoms with van der Waals surface area (Å²) in [5.74, 6) is 1.03. The molecule has 0 heterocycles. The smallest absolute Gasteiger partial charge is 0.191 e. The Labute approximate surface area is 202 Å². The van der Waals surface area contributed by atoms with E-state index in [0.29, 0.717) is 29.7 Å². The van der Waals surface area contributed by atoms with Gasteiger partial charge in [0.15, 0.2) is 15.8 Å². The van der Waals surface area contributed by atoms with Crippen LogP contribution >= 0.6 is 24.0 Å². The van der Waals surface area contributed by atoms with E-state index < -0.39 is 9.84 Å². The third kappa shape index (κ3) is 7.10. The van der Waals surface area contributed by atoms with E-state index in [1.54, 1.807) is 18.2 Å². The van der Waals surface area contributed by atoms with Crippen molar-refractivity contribution in [3.63, 3.8) is 0 Å². The van der Waals surface area contributed by atoms with Gasteiger partial charge in [0.1, 0.15) is 5.75 Å². The zero-order chi connectivity index (χ0) is 21.6. The highest BCUT2D eigenvalue weighted by atomic mass is 127. The molecule has 0 bridgehead atoms. The number of fused-ring (bicyclic) bond motifs is 1. The molecule has 0 saturated heterocycles. The average molecular weight is 557 g/mol. The molecule has 2 aromatic carbocycles. The summed E-state index contributed by atoms with van der Waals surface area (Å²) in [4.78, 5) is 5.02. The third-order valence-electron chi connectivity index (χ3n) is 5.42. The lowest BCUT2D eigenvalue weighted by molar-refractivity contribution is 0.465. The van der Waals surface area contributed by atoms with Crippen molar-refractivity contribution in [2.45, 2.75) is 50.5 Å². The van der Waals surface area contributed by atoms with E-state index >= 15 is 0 Å². The predicted octanol–water partition coefficient (Wildman–Crippen LogP) is 3.59. The van der Waals surface area contributed by atoms with E-state index in [0.717, 1.165) is 43.4 Å². The highest BCUT2D eigenvalue weighted by molar-refractivity contribution is 14.0. The van der Waals surface area contributed by atoms with E-state index in [1.165, 1.54) is 23.8 Å². The summed E-state index contributed by atoms with van der Waals surface area (Å²) < 4.78 is 23.1. The lowest BCUT2D eigenvalue weighted by Gasteiger charge is -2.20. The van der Waals surface area contributed by atoms with Gasteiger partial charge < -0.3 is 15.7 Å². The average Bonchev–Trinajstić information content (AvgIpc) is 2.72. The molecule has 2 aromatic rings. The third-order valence-corrected chi connectivity index (χ3v) is 6.55. The first-order valence-electron chi connectivity index (χ1n) is 10.5. The highest BCUT2D eigenvalue weighted by Gasteiger charge is 2.16. The van der Waals surface area contributed by atoms with E-state index in [4.69, 9.17) is 0 Å². The van der Waals surface area contributed by atoms with Crippen LogP contribution < -0.4 is 10.6 Å². The quantitative estimate of drug-likeness (QED) is 0.275. The maximum atomic E-state index is 11.6. The number of aryl methyl sites for hydroxylation is 1. The van der Waals surface area contributed by atoms with Gasteiger partial charge in [-0.05, 0) is 73.9 Å². The fraction of sp³-hybridized carbons (Fsp3) is 0.435. The molecule has 0 aromatic heterocycles. The topological polar surface area (TPSA) is 90.8 Å². The zero-order valence-electron chi connectivity index (χ0n) is 18.1. The Morgan fingerprint density at radius 2 is 1.77 bits per heavy atom. The van der Waals surface area contributed by atoms with Gasteiger partial charge in [0.2, 0.25) is 0 Å². The highest BCUT2D eigenvalue weighted by Crippen LogP contribution is 2.31. The van der Waals surface area contributed by atoms with E-state index in [1.807, 2.05) is 25.1 Å². The van der Waals surface area contributed by atoms with Crippen molar-refractivity contribution in [2.24, 2.45) is 4.99 Å². The maximum absolute atomic E-state index is 11.6. The number of hydrogen-bond donors (Lipinski definition) is 3. The van der Waals surface area contributed by atoms with Crippen LogP contribution in [-0.2, 0) is 35.6 Å². The molecule has 0 unspecified atom stereocenters. The van der Waals surface area contributed by atoms with Crippen LogP contribution in [0.4, 0.5) is 0 Å². The number of guanidine groups is 1. The van der Waals surface area contributed by atoms with Crippen molar-refractivity contribution in [1.29, 1.82) is 0 Å². The van der Waals surface area contributed by atoms with Crippen LogP contribution in [0.1, 0.15) is 42.0 Å². The summed E-state index contributed by atoms with van der Waals surface area (Å²) in [6.45, 7) is 3.87. The Morgan fingerprint density at radius 1 is 1.06 bits per heavy atom. The molecular formula is C23H32IN3O3S. The van der Waals surface area contributed by atoms with Crippen LogP contribution in [0, 0.1) is 0 Å². The molecule has 0 spiro atoms. The molecule has 0 amide bonds. The summed E-state index contributed by atoms with van der Waals surface area (Å²) in [6, 6.07) is 10.8. The van der Waals surface area contributed by atoms with Gasteiger partial charge in [0.05, 0.1) is 11.4 Å². The fourth-order valence-electron chi connectivity index (χ4n) is 3.80. The van der Waals surface area contributed by atoms with Crippen LogP contribution in [0.5, 0.6) is 5.75 Å². The summed E-state index contributed by atoms with van der Waals surface area (Å²) in [5, 5.41) is 16.9. The van der Waals surface area contributed by atoms with E-state index in [-0.39, 0.29) is 24.0 Å². The van der Waals surface area contributed by atoms with Gasteiger partial charge in [0.25, 0.3) is 0 Å². The molecule has 6 nitrogen and oxygen atoms in total. The first-order valence-corrected chi connectivity index (χ1v) is 12.4. The number of halogens is 1. The number of sulfone groups is 1.